The molecule has 0 saturated carbocycles. The van der Waals surface area contributed by atoms with Crippen LogP contribution in [0.1, 0.15) is 37.6 Å². The van der Waals surface area contributed by atoms with Gasteiger partial charge < -0.3 is 10.3 Å². The van der Waals surface area contributed by atoms with E-state index in [4.69, 9.17) is 0 Å². The summed E-state index contributed by atoms with van der Waals surface area (Å²) in [6, 6.07) is 0. The predicted octanol–water partition coefficient (Wildman–Crippen LogP) is 3.11. The highest BCUT2D eigenvalue weighted by Gasteiger charge is 2.16. The number of carbonyl (C=O) groups excluding carboxylic acids is 1. The van der Waals surface area contributed by atoms with Crippen LogP contribution in [0.4, 0.5) is 0 Å². The number of aromatic nitrogens is 2. The zero-order chi connectivity index (χ0) is 17.0. The maximum Gasteiger partial charge on any atom is 0.260 e. The first kappa shape index (κ1) is 18.0. The lowest BCUT2D eigenvalue weighted by atomic mass is 9.98. The molecule has 2 aromatic heterocycles. The minimum absolute atomic E-state index is 0.0499. The van der Waals surface area contributed by atoms with Gasteiger partial charge in [-0.25, -0.2) is 4.98 Å². The fourth-order valence-corrected chi connectivity index (χ4v) is 4.17. The van der Waals surface area contributed by atoms with Crippen LogP contribution in [0.25, 0.3) is 10.2 Å². The van der Waals surface area contributed by atoms with Gasteiger partial charge >= 0.3 is 0 Å². The van der Waals surface area contributed by atoms with E-state index in [1.807, 2.05) is 0 Å². The van der Waals surface area contributed by atoms with Crippen molar-refractivity contribution in [2.75, 3.05) is 12.3 Å². The van der Waals surface area contributed by atoms with Crippen LogP contribution in [-0.4, -0.2) is 28.2 Å². The standard InChI is InChI=1S/C16H23N3O2S2/c1-5-9(2)8-12-10(3)23-15-13(12)14(21)18-16(19-15)22-7-6-17-11(4)20/h9H,5-8H2,1-4H3,(H,17,20)(H,18,19,21)/t9-/m1/s1. The number of hydrogen-bond acceptors (Lipinski definition) is 5. The SMILES string of the molecule is CC[C@@H](C)Cc1c(C)sc2nc(SCCNC(C)=O)[nH]c(=O)c12. The van der Waals surface area contributed by atoms with E-state index in [0.29, 0.717) is 23.4 Å². The molecule has 1 atom stereocenters. The number of fused-ring (bicyclic) bond motifs is 1. The van der Waals surface area contributed by atoms with Crippen molar-refractivity contribution in [1.29, 1.82) is 0 Å². The molecule has 7 heteroatoms. The van der Waals surface area contributed by atoms with Crippen LogP contribution in [0.3, 0.4) is 0 Å². The normalized spacial score (nSPS) is 12.5. The summed E-state index contributed by atoms with van der Waals surface area (Å²) in [5, 5.41) is 4.10. The van der Waals surface area contributed by atoms with Crippen molar-refractivity contribution in [1.82, 2.24) is 15.3 Å². The molecule has 0 aromatic carbocycles. The van der Waals surface area contributed by atoms with Gasteiger partial charge in [0.05, 0.1) is 5.39 Å². The third kappa shape index (κ3) is 4.57. The van der Waals surface area contributed by atoms with Crippen molar-refractivity contribution in [3.63, 3.8) is 0 Å². The maximum absolute atomic E-state index is 12.5. The fraction of sp³-hybridized carbons (Fsp3) is 0.562. The predicted molar refractivity (Wildman–Crippen MR) is 97.5 cm³/mol. The lowest BCUT2D eigenvalue weighted by molar-refractivity contribution is -0.118. The Morgan fingerprint density at radius 2 is 2.22 bits per heavy atom. The zero-order valence-electron chi connectivity index (χ0n) is 14.0. The summed E-state index contributed by atoms with van der Waals surface area (Å²) in [4.78, 5) is 32.8. The van der Waals surface area contributed by atoms with E-state index in [2.05, 4.69) is 36.1 Å². The molecular formula is C16H23N3O2S2. The van der Waals surface area contributed by atoms with E-state index >= 15 is 0 Å². The molecule has 0 aliphatic heterocycles. The first-order chi connectivity index (χ1) is 10.9. The topological polar surface area (TPSA) is 74.8 Å². The highest BCUT2D eigenvalue weighted by atomic mass is 32.2. The molecule has 0 saturated heterocycles. The Morgan fingerprint density at radius 1 is 1.48 bits per heavy atom. The average Bonchev–Trinajstić information content (AvgIpc) is 2.79. The van der Waals surface area contributed by atoms with Crippen LogP contribution in [0.15, 0.2) is 9.95 Å². The summed E-state index contributed by atoms with van der Waals surface area (Å²) in [5.41, 5.74) is 1.09. The number of hydrogen-bond donors (Lipinski definition) is 2. The minimum Gasteiger partial charge on any atom is -0.356 e. The van der Waals surface area contributed by atoms with Crippen molar-refractivity contribution in [3.8, 4) is 0 Å². The molecule has 0 spiro atoms. The number of H-pyrrole nitrogens is 1. The molecule has 23 heavy (non-hydrogen) atoms. The number of rotatable bonds is 7. The van der Waals surface area contributed by atoms with Crippen LogP contribution in [0, 0.1) is 12.8 Å². The van der Waals surface area contributed by atoms with Crippen LogP contribution < -0.4 is 10.9 Å². The molecule has 0 fully saturated rings. The van der Waals surface area contributed by atoms with E-state index in [9.17, 15) is 9.59 Å². The van der Waals surface area contributed by atoms with Crippen LogP contribution in [0.5, 0.6) is 0 Å². The first-order valence-corrected chi connectivity index (χ1v) is 9.62. The van der Waals surface area contributed by atoms with Gasteiger partial charge in [0.25, 0.3) is 5.56 Å². The molecule has 0 radical (unpaired) electrons. The molecule has 0 unspecified atom stereocenters. The van der Waals surface area contributed by atoms with Gasteiger partial charge in [0.2, 0.25) is 5.91 Å². The van der Waals surface area contributed by atoms with E-state index in [0.717, 1.165) is 28.6 Å². The van der Waals surface area contributed by atoms with E-state index in [-0.39, 0.29) is 11.5 Å². The Labute approximate surface area is 144 Å². The highest BCUT2D eigenvalue weighted by Crippen LogP contribution is 2.30. The summed E-state index contributed by atoms with van der Waals surface area (Å²) in [6.45, 7) is 8.49. The molecule has 2 N–H and O–H groups in total. The third-order valence-corrected chi connectivity index (χ3v) is 5.72. The van der Waals surface area contributed by atoms with Gasteiger partial charge in [-0.15, -0.1) is 11.3 Å². The first-order valence-electron chi connectivity index (χ1n) is 7.81. The number of thioether (sulfide) groups is 1. The largest absolute Gasteiger partial charge is 0.356 e. The quantitative estimate of drug-likeness (QED) is 0.456. The second-order valence-corrected chi connectivity index (χ2v) is 8.02. The van der Waals surface area contributed by atoms with E-state index in [1.54, 1.807) is 11.3 Å². The van der Waals surface area contributed by atoms with Gasteiger partial charge in [-0.2, -0.15) is 0 Å². The molecule has 1 amide bonds. The lowest BCUT2D eigenvalue weighted by Crippen LogP contribution is -2.22. The Bertz CT molecular complexity index is 752. The lowest BCUT2D eigenvalue weighted by Gasteiger charge is -2.08. The highest BCUT2D eigenvalue weighted by molar-refractivity contribution is 7.99. The molecular weight excluding hydrogens is 330 g/mol. The van der Waals surface area contributed by atoms with Crippen molar-refractivity contribution in [2.24, 2.45) is 5.92 Å². The van der Waals surface area contributed by atoms with Crippen molar-refractivity contribution < 1.29 is 4.79 Å². The maximum atomic E-state index is 12.5. The number of nitrogens with zero attached hydrogens (tertiary/aromatic N) is 1. The monoisotopic (exact) mass is 353 g/mol. The number of carbonyl (C=O) groups is 1. The number of aryl methyl sites for hydroxylation is 1. The zero-order valence-corrected chi connectivity index (χ0v) is 15.6. The molecule has 0 aliphatic carbocycles. The third-order valence-electron chi connectivity index (χ3n) is 3.81. The number of nitrogens with one attached hydrogen (secondary N) is 2. The van der Waals surface area contributed by atoms with Crippen molar-refractivity contribution >= 4 is 39.2 Å². The second-order valence-electron chi connectivity index (χ2n) is 5.74. The van der Waals surface area contributed by atoms with Crippen LogP contribution in [0.2, 0.25) is 0 Å². The average molecular weight is 354 g/mol. The number of thiophene rings is 1. The van der Waals surface area contributed by atoms with Gasteiger partial charge in [-0.1, -0.05) is 32.0 Å². The van der Waals surface area contributed by atoms with Gasteiger partial charge in [0.1, 0.15) is 4.83 Å². The molecule has 2 aromatic rings. The molecule has 126 valence electrons. The molecule has 2 heterocycles. The summed E-state index contributed by atoms with van der Waals surface area (Å²) in [5.74, 6) is 1.18. The van der Waals surface area contributed by atoms with Gasteiger partial charge in [-0.05, 0) is 24.8 Å². The molecule has 5 nitrogen and oxygen atoms in total. The second kappa shape index (κ2) is 7.97. The number of amides is 1. The summed E-state index contributed by atoms with van der Waals surface area (Å²) < 4.78 is 0. The Morgan fingerprint density at radius 3 is 2.87 bits per heavy atom. The Balaban J connectivity index is 2.22. The summed E-state index contributed by atoms with van der Waals surface area (Å²) in [6.07, 6.45) is 2.02. The number of aromatic amines is 1. The molecule has 2 rings (SSSR count). The fourth-order valence-electron chi connectivity index (χ4n) is 2.34. The van der Waals surface area contributed by atoms with Gasteiger partial charge in [0.15, 0.2) is 5.16 Å². The van der Waals surface area contributed by atoms with Gasteiger partial charge in [-0.3, -0.25) is 9.59 Å². The van der Waals surface area contributed by atoms with Crippen LogP contribution in [-0.2, 0) is 11.2 Å². The molecule has 0 aliphatic rings. The van der Waals surface area contributed by atoms with E-state index < -0.39 is 0 Å². The Kier molecular flexibility index (Phi) is 6.24. The summed E-state index contributed by atoms with van der Waals surface area (Å²) in [7, 11) is 0. The van der Waals surface area contributed by atoms with Crippen LogP contribution >= 0.6 is 23.1 Å². The summed E-state index contributed by atoms with van der Waals surface area (Å²) >= 11 is 3.04. The Hall–Kier alpha value is -1.34. The van der Waals surface area contributed by atoms with E-state index in [1.165, 1.54) is 23.6 Å². The molecule has 0 bridgehead atoms. The smallest absolute Gasteiger partial charge is 0.260 e. The van der Waals surface area contributed by atoms with Crippen molar-refractivity contribution in [3.05, 3.63) is 20.8 Å². The minimum atomic E-state index is -0.0559. The van der Waals surface area contributed by atoms with Crippen molar-refractivity contribution in [2.45, 2.75) is 45.7 Å². The van der Waals surface area contributed by atoms with Gasteiger partial charge in [0, 0.05) is 24.1 Å².